The van der Waals surface area contributed by atoms with Crippen molar-refractivity contribution in [1.29, 1.82) is 0 Å². The molecule has 2 heterocycles. The molecule has 0 saturated heterocycles. The molecule has 3 aromatic rings. The van der Waals surface area contributed by atoms with Crippen molar-refractivity contribution < 1.29 is 17.7 Å². The van der Waals surface area contributed by atoms with Crippen LogP contribution in [-0.4, -0.2) is 31.0 Å². The third-order valence-corrected chi connectivity index (χ3v) is 6.53. The number of benzene rings is 2. The summed E-state index contributed by atoms with van der Waals surface area (Å²) in [5, 5.41) is 3.94. The number of rotatable bonds is 5. The molecule has 30 heavy (non-hydrogen) atoms. The topological polar surface area (TPSA) is 105 Å². The lowest BCUT2D eigenvalue weighted by atomic mass is 10.0. The highest BCUT2D eigenvalue weighted by molar-refractivity contribution is 7.89. The quantitative estimate of drug-likeness (QED) is 0.673. The molecule has 1 amide bonds. The zero-order valence-electron chi connectivity index (χ0n) is 16.8. The zero-order chi connectivity index (χ0) is 21.3. The van der Waals surface area contributed by atoms with Crippen molar-refractivity contribution in [2.45, 2.75) is 38.1 Å². The Bertz CT molecular complexity index is 1200. The highest BCUT2D eigenvalue weighted by Gasteiger charge is 2.23. The molecule has 0 unspecified atom stereocenters. The van der Waals surface area contributed by atoms with Crippen LogP contribution in [0.15, 0.2) is 51.9 Å². The molecule has 0 aliphatic carbocycles. The molecule has 0 radical (unpaired) electrons. The average Bonchev–Trinajstić information content (AvgIpc) is 3.20. The van der Waals surface area contributed by atoms with Crippen molar-refractivity contribution in [2.24, 2.45) is 0 Å². The van der Waals surface area contributed by atoms with Gasteiger partial charge in [0.15, 0.2) is 0 Å². The third kappa shape index (κ3) is 3.99. The summed E-state index contributed by atoms with van der Waals surface area (Å²) in [7, 11) is -3.77. The maximum Gasteiger partial charge on any atom is 0.242 e. The standard InChI is InChI=1S/C21H22N4O4S/c1-14-6-3-4-8-18(14)21-23-20(29-24-21)13-22-30(27,28)17-9-10-19-16(12-17)7-5-11-25(19)15(2)26/h3-4,6,8-10,12,22H,5,7,11,13H2,1-2H3. The Hall–Kier alpha value is -3.04. The Balaban J connectivity index is 1.51. The predicted octanol–water partition coefficient (Wildman–Crippen LogP) is 2.82. The van der Waals surface area contributed by atoms with E-state index >= 15 is 0 Å². The Kier molecular flexibility index (Phi) is 5.40. The minimum absolute atomic E-state index is 0.0504. The first-order chi connectivity index (χ1) is 14.3. The van der Waals surface area contributed by atoms with Crippen LogP contribution in [0.4, 0.5) is 5.69 Å². The van der Waals surface area contributed by atoms with Gasteiger partial charge in [0.25, 0.3) is 0 Å². The minimum atomic E-state index is -3.77. The molecule has 0 fully saturated rings. The van der Waals surface area contributed by atoms with Crippen molar-refractivity contribution >= 4 is 21.6 Å². The Morgan fingerprint density at radius 1 is 1.23 bits per heavy atom. The number of amides is 1. The number of anilines is 1. The van der Waals surface area contributed by atoms with E-state index in [4.69, 9.17) is 4.52 Å². The van der Waals surface area contributed by atoms with Crippen LogP contribution in [0.3, 0.4) is 0 Å². The molecule has 1 aromatic heterocycles. The van der Waals surface area contributed by atoms with E-state index in [2.05, 4.69) is 14.9 Å². The van der Waals surface area contributed by atoms with Gasteiger partial charge in [-0.2, -0.15) is 4.98 Å². The first-order valence-electron chi connectivity index (χ1n) is 9.64. The second-order valence-corrected chi connectivity index (χ2v) is 8.98. The van der Waals surface area contributed by atoms with Crippen LogP contribution in [0.1, 0.15) is 30.4 Å². The van der Waals surface area contributed by atoms with Gasteiger partial charge >= 0.3 is 0 Å². The van der Waals surface area contributed by atoms with Gasteiger partial charge in [-0.05, 0) is 49.1 Å². The second-order valence-electron chi connectivity index (χ2n) is 7.22. The molecule has 0 spiro atoms. The number of aromatic nitrogens is 2. The molecule has 9 heteroatoms. The SMILES string of the molecule is CC(=O)N1CCCc2cc(S(=O)(=O)NCc3nc(-c4ccccc4C)no3)ccc21. The van der Waals surface area contributed by atoms with E-state index in [0.29, 0.717) is 12.4 Å². The summed E-state index contributed by atoms with van der Waals surface area (Å²) in [6, 6.07) is 12.4. The van der Waals surface area contributed by atoms with E-state index < -0.39 is 10.0 Å². The number of hydrogen-bond donors (Lipinski definition) is 1. The van der Waals surface area contributed by atoms with Gasteiger partial charge < -0.3 is 9.42 Å². The van der Waals surface area contributed by atoms with E-state index in [1.165, 1.54) is 13.0 Å². The molecule has 4 rings (SSSR count). The van der Waals surface area contributed by atoms with Crippen LogP contribution in [0.2, 0.25) is 0 Å². The Morgan fingerprint density at radius 2 is 2.03 bits per heavy atom. The number of nitrogens with zero attached hydrogens (tertiary/aromatic N) is 3. The first kappa shape index (κ1) is 20.2. The summed E-state index contributed by atoms with van der Waals surface area (Å²) >= 11 is 0. The van der Waals surface area contributed by atoms with Gasteiger partial charge in [-0.3, -0.25) is 4.79 Å². The number of fused-ring (bicyclic) bond motifs is 1. The summed E-state index contributed by atoms with van der Waals surface area (Å²) in [4.78, 5) is 17.9. The molecule has 156 valence electrons. The van der Waals surface area contributed by atoms with Crippen LogP contribution in [-0.2, 0) is 27.8 Å². The van der Waals surface area contributed by atoms with Gasteiger partial charge in [-0.25, -0.2) is 13.1 Å². The lowest BCUT2D eigenvalue weighted by Crippen LogP contribution is -2.33. The fourth-order valence-corrected chi connectivity index (χ4v) is 4.59. The van der Waals surface area contributed by atoms with Gasteiger partial charge in [0.1, 0.15) is 0 Å². The summed E-state index contributed by atoms with van der Waals surface area (Å²) in [6.45, 7) is 3.99. The highest BCUT2D eigenvalue weighted by Crippen LogP contribution is 2.29. The number of aryl methyl sites for hydroxylation is 2. The molecular formula is C21H22N4O4S. The van der Waals surface area contributed by atoms with E-state index in [9.17, 15) is 13.2 Å². The molecule has 1 aliphatic heterocycles. The van der Waals surface area contributed by atoms with Crippen LogP contribution in [0.5, 0.6) is 0 Å². The van der Waals surface area contributed by atoms with Crippen molar-refractivity contribution in [3.8, 4) is 11.4 Å². The van der Waals surface area contributed by atoms with E-state index in [0.717, 1.165) is 35.2 Å². The number of carbonyl (C=O) groups is 1. The summed E-state index contributed by atoms with van der Waals surface area (Å²) in [5.41, 5.74) is 3.45. The van der Waals surface area contributed by atoms with Crippen LogP contribution in [0.25, 0.3) is 11.4 Å². The number of carbonyl (C=O) groups excluding carboxylic acids is 1. The Labute approximate surface area is 175 Å². The molecule has 0 atom stereocenters. The van der Waals surface area contributed by atoms with Crippen molar-refractivity contribution in [2.75, 3.05) is 11.4 Å². The van der Waals surface area contributed by atoms with Crippen molar-refractivity contribution in [3.05, 3.63) is 59.5 Å². The van der Waals surface area contributed by atoms with Gasteiger partial charge in [-0.15, -0.1) is 0 Å². The van der Waals surface area contributed by atoms with E-state index in [-0.39, 0.29) is 23.2 Å². The highest BCUT2D eigenvalue weighted by atomic mass is 32.2. The van der Waals surface area contributed by atoms with Crippen LogP contribution in [0, 0.1) is 6.92 Å². The van der Waals surface area contributed by atoms with Crippen molar-refractivity contribution in [1.82, 2.24) is 14.9 Å². The van der Waals surface area contributed by atoms with Gasteiger partial charge in [0.2, 0.25) is 27.6 Å². The zero-order valence-corrected chi connectivity index (χ0v) is 17.6. The largest absolute Gasteiger partial charge is 0.338 e. The van der Waals surface area contributed by atoms with E-state index in [1.54, 1.807) is 17.0 Å². The van der Waals surface area contributed by atoms with E-state index in [1.807, 2.05) is 31.2 Å². The predicted molar refractivity (Wildman–Crippen MR) is 111 cm³/mol. The first-order valence-corrected chi connectivity index (χ1v) is 11.1. The fraction of sp³-hybridized carbons (Fsp3) is 0.286. The van der Waals surface area contributed by atoms with Gasteiger partial charge in [-0.1, -0.05) is 29.4 Å². The number of hydrogen-bond acceptors (Lipinski definition) is 6. The number of sulfonamides is 1. The molecule has 8 nitrogen and oxygen atoms in total. The summed E-state index contributed by atoms with van der Waals surface area (Å²) in [6.07, 6.45) is 1.53. The summed E-state index contributed by atoms with van der Waals surface area (Å²) < 4.78 is 33.2. The normalized spacial score (nSPS) is 13.9. The second kappa shape index (κ2) is 8.00. The maximum absolute atomic E-state index is 12.8. The molecule has 1 aliphatic rings. The summed E-state index contributed by atoms with van der Waals surface area (Å²) in [5.74, 6) is 0.545. The van der Waals surface area contributed by atoms with Gasteiger partial charge in [0, 0.05) is 24.7 Å². The van der Waals surface area contributed by atoms with Crippen LogP contribution < -0.4 is 9.62 Å². The maximum atomic E-state index is 12.8. The van der Waals surface area contributed by atoms with Gasteiger partial charge in [0.05, 0.1) is 11.4 Å². The average molecular weight is 426 g/mol. The molecular weight excluding hydrogens is 404 g/mol. The number of nitrogens with one attached hydrogen (secondary N) is 1. The lowest BCUT2D eigenvalue weighted by molar-refractivity contribution is -0.116. The van der Waals surface area contributed by atoms with Crippen molar-refractivity contribution in [3.63, 3.8) is 0 Å². The fourth-order valence-electron chi connectivity index (χ4n) is 3.57. The third-order valence-electron chi connectivity index (χ3n) is 5.13. The molecule has 0 bridgehead atoms. The minimum Gasteiger partial charge on any atom is -0.338 e. The smallest absolute Gasteiger partial charge is 0.242 e. The van der Waals surface area contributed by atoms with Crippen LogP contribution >= 0.6 is 0 Å². The Morgan fingerprint density at radius 3 is 2.80 bits per heavy atom. The monoisotopic (exact) mass is 426 g/mol. The molecule has 2 aromatic carbocycles. The molecule has 1 N–H and O–H groups in total. The molecule has 0 saturated carbocycles. The lowest BCUT2D eigenvalue weighted by Gasteiger charge is -2.28.